The highest BCUT2D eigenvalue weighted by Gasteiger charge is 2.15. The Morgan fingerprint density at radius 3 is 1.66 bits per heavy atom. The number of hydrogen-bond acceptors (Lipinski definition) is 6. The van der Waals surface area contributed by atoms with E-state index in [1.54, 1.807) is 24.8 Å². The third kappa shape index (κ3) is 4.74. The Morgan fingerprint density at radius 2 is 1.00 bits per heavy atom. The van der Waals surface area contributed by atoms with Gasteiger partial charge in [0.1, 0.15) is 0 Å². The van der Waals surface area contributed by atoms with Crippen molar-refractivity contribution < 1.29 is 0 Å². The van der Waals surface area contributed by atoms with Crippen molar-refractivity contribution in [3.05, 3.63) is 146 Å². The Morgan fingerprint density at radius 1 is 0.409 bits per heavy atom. The smallest absolute Gasteiger partial charge is 0.165 e. The van der Waals surface area contributed by atoms with Gasteiger partial charge >= 0.3 is 0 Å². The molecule has 0 aliphatic rings. The molecule has 0 spiro atoms. The van der Waals surface area contributed by atoms with E-state index in [1.165, 1.54) is 10.8 Å². The van der Waals surface area contributed by atoms with E-state index >= 15 is 0 Å². The standard InChI is InChI=1S/C38H24N6/c1-2-8-25(9-3-1)32-22-34(41-33-19-18-26-10-4-5-13-31(26)35(32)33)27-14-16-28(17-15-27)36-42-37(29-11-6-20-39-23-29)44-38(43-36)30-12-7-21-40-24-30/h1-24H. The monoisotopic (exact) mass is 564 g/mol. The van der Waals surface area contributed by atoms with E-state index in [1.807, 2.05) is 42.5 Å². The zero-order chi connectivity index (χ0) is 29.3. The van der Waals surface area contributed by atoms with Crippen molar-refractivity contribution in [3.63, 3.8) is 0 Å². The van der Waals surface area contributed by atoms with E-state index in [2.05, 4.69) is 88.8 Å². The molecule has 8 rings (SSSR count). The third-order valence-corrected chi connectivity index (χ3v) is 7.70. The molecule has 0 N–H and O–H groups in total. The van der Waals surface area contributed by atoms with Gasteiger partial charge in [0.25, 0.3) is 0 Å². The van der Waals surface area contributed by atoms with Crippen LogP contribution in [0, 0.1) is 0 Å². The zero-order valence-electron chi connectivity index (χ0n) is 23.5. The van der Waals surface area contributed by atoms with Gasteiger partial charge < -0.3 is 0 Å². The molecule has 206 valence electrons. The molecule has 4 aromatic heterocycles. The first-order valence-corrected chi connectivity index (χ1v) is 14.4. The Kier molecular flexibility index (Phi) is 6.35. The van der Waals surface area contributed by atoms with Gasteiger partial charge in [-0.1, -0.05) is 84.9 Å². The molecule has 0 saturated heterocycles. The summed E-state index contributed by atoms with van der Waals surface area (Å²) < 4.78 is 0. The first-order valence-electron chi connectivity index (χ1n) is 14.4. The van der Waals surface area contributed by atoms with Crippen LogP contribution in [-0.2, 0) is 0 Å². The Balaban J connectivity index is 1.25. The SMILES string of the molecule is c1ccc(-c2cc(-c3ccc(-c4nc(-c5cccnc5)nc(-c5cccnc5)n4)cc3)nc3ccc4ccccc4c23)cc1. The average molecular weight is 565 g/mol. The van der Waals surface area contributed by atoms with Crippen LogP contribution in [0.3, 0.4) is 0 Å². The summed E-state index contributed by atoms with van der Waals surface area (Å²) in [6, 6.07) is 41.3. The zero-order valence-corrected chi connectivity index (χ0v) is 23.5. The molecule has 0 atom stereocenters. The third-order valence-electron chi connectivity index (χ3n) is 7.70. The molecule has 0 aliphatic carbocycles. The van der Waals surface area contributed by atoms with Crippen LogP contribution in [0.4, 0.5) is 0 Å². The van der Waals surface area contributed by atoms with Crippen molar-refractivity contribution in [2.75, 3.05) is 0 Å². The minimum atomic E-state index is 0.557. The Labute approximate surface area is 253 Å². The van der Waals surface area contributed by atoms with Crippen molar-refractivity contribution >= 4 is 21.7 Å². The fraction of sp³-hybridized carbons (Fsp3) is 0. The second kappa shape index (κ2) is 10.9. The topological polar surface area (TPSA) is 77.3 Å². The number of rotatable bonds is 5. The molecular formula is C38H24N6. The highest BCUT2D eigenvalue weighted by atomic mass is 15.0. The fourth-order valence-electron chi connectivity index (χ4n) is 5.54. The van der Waals surface area contributed by atoms with Gasteiger partial charge in [-0.25, -0.2) is 19.9 Å². The lowest BCUT2D eigenvalue weighted by molar-refractivity contribution is 1.07. The van der Waals surface area contributed by atoms with Gasteiger partial charge in [0.05, 0.1) is 11.2 Å². The number of aromatic nitrogens is 6. The second-order valence-electron chi connectivity index (χ2n) is 10.5. The molecule has 4 heterocycles. The second-order valence-corrected chi connectivity index (χ2v) is 10.5. The molecule has 6 nitrogen and oxygen atoms in total. The maximum absolute atomic E-state index is 5.14. The molecular weight excluding hydrogens is 540 g/mol. The van der Waals surface area contributed by atoms with Gasteiger partial charge in [0.2, 0.25) is 0 Å². The molecule has 0 aliphatic heterocycles. The van der Waals surface area contributed by atoms with E-state index < -0.39 is 0 Å². The molecule has 44 heavy (non-hydrogen) atoms. The minimum Gasteiger partial charge on any atom is -0.264 e. The number of hydrogen-bond donors (Lipinski definition) is 0. The molecule has 0 fully saturated rings. The quantitative estimate of drug-likeness (QED) is 0.195. The summed E-state index contributed by atoms with van der Waals surface area (Å²) in [5.41, 5.74) is 7.70. The summed E-state index contributed by atoms with van der Waals surface area (Å²) in [7, 11) is 0. The number of nitrogens with zero attached hydrogens (tertiary/aromatic N) is 6. The van der Waals surface area contributed by atoms with Gasteiger partial charge in [-0.05, 0) is 58.3 Å². The van der Waals surface area contributed by atoms with Crippen molar-refractivity contribution in [2.24, 2.45) is 0 Å². The molecule has 0 saturated carbocycles. The van der Waals surface area contributed by atoms with Crippen LogP contribution in [0.2, 0.25) is 0 Å². The lowest BCUT2D eigenvalue weighted by Gasteiger charge is -2.13. The highest BCUT2D eigenvalue weighted by Crippen LogP contribution is 2.37. The normalized spacial score (nSPS) is 11.2. The Hall–Kier alpha value is -6.14. The summed E-state index contributed by atoms with van der Waals surface area (Å²) in [5, 5.41) is 3.55. The molecule has 6 heteroatoms. The van der Waals surface area contributed by atoms with Crippen LogP contribution in [0.5, 0.6) is 0 Å². The van der Waals surface area contributed by atoms with E-state index in [0.29, 0.717) is 17.5 Å². The fourth-order valence-corrected chi connectivity index (χ4v) is 5.54. The summed E-state index contributed by atoms with van der Waals surface area (Å²) in [6.45, 7) is 0. The maximum atomic E-state index is 5.14. The summed E-state index contributed by atoms with van der Waals surface area (Å²) in [5.74, 6) is 1.69. The minimum absolute atomic E-state index is 0.557. The molecule has 4 aromatic carbocycles. The van der Waals surface area contributed by atoms with E-state index in [0.717, 1.165) is 50.0 Å². The first-order chi connectivity index (χ1) is 21.8. The van der Waals surface area contributed by atoms with Crippen LogP contribution in [-0.4, -0.2) is 29.9 Å². The number of fused-ring (bicyclic) bond motifs is 3. The van der Waals surface area contributed by atoms with E-state index in [4.69, 9.17) is 19.9 Å². The van der Waals surface area contributed by atoms with Crippen LogP contribution in [0.25, 0.3) is 78.2 Å². The predicted octanol–water partition coefficient (Wildman–Crippen LogP) is 8.70. The van der Waals surface area contributed by atoms with Crippen molar-refractivity contribution in [1.29, 1.82) is 0 Å². The highest BCUT2D eigenvalue weighted by molar-refractivity contribution is 6.13. The Bertz CT molecular complexity index is 2200. The summed E-state index contributed by atoms with van der Waals surface area (Å²) in [4.78, 5) is 28.0. The van der Waals surface area contributed by atoms with Crippen LogP contribution < -0.4 is 0 Å². The predicted molar refractivity (Wildman–Crippen MR) is 175 cm³/mol. The van der Waals surface area contributed by atoms with Gasteiger partial charge in [-0.15, -0.1) is 0 Å². The first kappa shape index (κ1) is 25.6. The average Bonchev–Trinajstić information content (AvgIpc) is 3.12. The lowest BCUT2D eigenvalue weighted by Crippen LogP contribution is -2.00. The molecule has 8 aromatic rings. The van der Waals surface area contributed by atoms with Crippen molar-refractivity contribution in [2.45, 2.75) is 0 Å². The van der Waals surface area contributed by atoms with Crippen molar-refractivity contribution in [3.8, 4) is 56.5 Å². The number of benzene rings is 4. The largest absolute Gasteiger partial charge is 0.264 e. The van der Waals surface area contributed by atoms with Gasteiger partial charge in [-0.2, -0.15) is 0 Å². The van der Waals surface area contributed by atoms with Crippen LogP contribution in [0.1, 0.15) is 0 Å². The maximum Gasteiger partial charge on any atom is 0.165 e. The number of pyridine rings is 3. The van der Waals surface area contributed by atoms with E-state index in [-0.39, 0.29) is 0 Å². The summed E-state index contributed by atoms with van der Waals surface area (Å²) in [6.07, 6.45) is 6.99. The van der Waals surface area contributed by atoms with Crippen LogP contribution >= 0.6 is 0 Å². The molecule has 0 radical (unpaired) electrons. The summed E-state index contributed by atoms with van der Waals surface area (Å²) >= 11 is 0. The van der Waals surface area contributed by atoms with Gasteiger partial charge in [0, 0.05) is 52.4 Å². The molecule has 0 bridgehead atoms. The van der Waals surface area contributed by atoms with E-state index in [9.17, 15) is 0 Å². The molecule has 0 amide bonds. The van der Waals surface area contributed by atoms with Gasteiger partial charge in [-0.3, -0.25) is 9.97 Å². The van der Waals surface area contributed by atoms with Crippen molar-refractivity contribution in [1.82, 2.24) is 29.9 Å². The molecule has 0 unspecified atom stereocenters. The lowest BCUT2D eigenvalue weighted by atomic mass is 9.94. The van der Waals surface area contributed by atoms with Crippen LogP contribution in [0.15, 0.2) is 146 Å². The van der Waals surface area contributed by atoms with Gasteiger partial charge in [0.15, 0.2) is 17.5 Å².